The SMILES string of the molecule is COc1ccc2c3c1O[C@H]1C(OC(=O)CCNC(=O)[C@@H](O)c4ccccc4)=CC[C@@]4(OC(=O)CCNC(=O)[C@@H](O)c5ccccc5)[C@H](CCC[C@]314)C2. The van der Waals surface area contributed by atoms with Crippen LogP contribution in [0.15, 0.2) is 84.6 Å². The van der Waals surface area contributed by atoms with Gasteiger partial charge in [-0.2, -0.15) is 0 Å². The molecule has 2 bridgehead atoms. The van der Waals surface area contributed by atoms with E-state index in [0.29, 0.717) is 41.2 Å². The molecule has 12 nitrogen and oxygen atoms in total. The highest BCUT2D eigenvalue weighted by Crippen LogP contribution is 2.68. The lowest BCUT2D eigenvalue weighted by atomic mass is 9.46. The number of hydrogen-bond donors (Lipinski definition) is 4. The quantitative estimate of drug-likeness (QED) is 0.192. The van der Waals surface area contributed by atoms with Gasteiger partial charge in [0.15, 0.2) is 29.8 Å². The van der Waals surface area contributed by atoms with Crippen LogP contribution in [0.2, 0.25) is 0 Å². The number of ether oxygens (including phenoxy) is 4. The highest BCUT2D eigenvalue weighted by atomic mass is 16.6. The molecular formula is C40H42N2O10. The van der Waals surface area contributed by atoms with Crippen LogP contribution >= 0.6 is 0 Å². The highest BCUT2D eigenvalue weighted by Gasteiger charge is 2.73. The van der Waals surface area contributed by atoms with Gasteiger partial charge in [-0.3, -0.25) is 19.2 Å². The summed E-state index contributed by atoms with van der Waals surface area (Å²) in [7, 11) is 1.56. The first kappa shape index (κ1) is 35.2. The van der Waals surface area contributed by atoms with Crippen molar-refractivity contribution < 1.29 is 48.3 Å². The zero-order chi connectivity index (χ0) is 36.5. The second-order valence-electron chi connectivity index (χ2n) is 13.8. The second-order valence-corrected chi connectivity index (χ2v) is 13.8. The van der Waals surface area contributed by atoms with Crippen molar-refractivity contribution in [3.05, 3.63) is 107 Å². The Balaban J connectivity index is 1.08. The van der Waals surface area contributed by atoms with Gasteiger partial charge in [0.05, 0.1) is 25.4 Å². The number of carbonyl (C=O) groups is 4. The maximum atomic E-state index is 13.7. The number of amides is 2. The Morgan fingerprint density at radius 1 is 0.865 bits per heavy atom. The number of carbonyl (C=O) groups excluding carboxylic acids is 4. The van der Waals surface area contributed by atoms with E-state index in [4.69, 9.17) is 18.9 Å². The van der Waals surface area contributed by atoms with Crippen LogP contribution in [0.25, 0.3) is 0 Å². The van der Waals surface area contributed by atoms with Gasteiger partial charge in [-0.25, -0.2) is 0 Å². The molecule has 0 unspecified atom stereocenters. The van der Waals surface area contributed by atoms with Crippen LogP contribution in [0.4, 0.5) is 0 Å². The number of aliphatic hydroxyl groups is 2. The Labute approximate surface area is 301 Å². The first-order chi connectivity index (χ1) is 25.2. The Bertz CT molecular complexity index is 1880. The first-order valence-electron chi connectivity index (χ1n) is 17.7. The van der Waals surface area contributed by atoms with Crippen LogP contribution in [0, 0.1) is 5.92 Å². The van der Waals surface area contributed by atoms with Gasteiger partial charge in [-0.05, 0) is 48.1 Å². The summed E-state index contributed by atoms with van der Waals surface area (Å²) in [5.41, 5.74) is 0.991. The zero-order valence-corrected chi connectivity index (χ0v) is 28.8. The molecule has 1 saturated carbocycles. The summed E-state index contributed by atoms with van der Waals surface area (Å²) in [5, 5.41) is 26.1. The van der Waals surface area contributed by atoms with Crippen LogP contribution in [0.5, 0.6) is 11.5 Å². The number of hydrogen-bond acceptors (Lipinski definition) is 10. The number of rotatable bonds is 13. The summed E-state index contributed by atoms with van der Waals surface area (Å²) >= 11 is 0. The maximum absolute atomic E-state index is 13.7. The molecule has 12 heteroatoms. The van der Waals surface area contributed by atoms with E-state index in [1.165, 1.54) is 0 Å². The minimum absolute atomic E-state index is 0.0253. The lowest BCUT2D eigenvalue weighted by molar-refractivity contribution is -0.200. The number of benzene rings is 3. The summed E-state index contributed by atoms with van der Waals surface area (Å²) in [5.74, 6) is -1.00. The van der Waals surface area contributed by atoms with Crippen molar-refractivity contribution in [1.82, 2.24) is 10.6 Å². The van der Waals surface area contributed by atoms with Gasteiger partial charge < -0.3 is 39.8 Å². The number of nitrogens with one attached hydrogen (secondary N) is 2. The van der Waals surface area contributed by atoms with Crippen molar-refractivity contribution in [2.45, 2.75) is 74.3 Å². The third kappa shape index (κ3) is 6.09. The first-order valence-corrected chi connectivity index (χ1v) is 17.7. The van der Waals surface area contributed by atoms with Crippen LogP contribution < -0.4 is 20.1 Å². The van der Waals surface area contributed by atoms with Crippen molar-refractivity contribution in [1.29, 1.82) is 0 Å². The minimum Gasteiger partial charge on any atom is -0.493 e. The van der Waals surface area contributed by atoms with Gasteiger partial charge in [0, 0.05) is 31.0 Å². The van der Waals surface area contributed by atoms with Crippen molar-refractivity contribution in [3.8, 4) is 11.5 Å². The average Bonchev–Trinajstić information content (AvgIpc) is 3.51. The largest absolute Gasteiger partial charge is 0.493 e. The third-order valence-electron chi connectivity index (χ3n) is 10.9. The summed E-state index contributed by atoms with van der Waals surface area (Å²) < 4.78 is 24.9. The van der Waals surface area contributed by atoms with E-state index in [9.17, 15) is 29.4 Å². The fourth-order valence-electron chi connectivity index (χ4n) is 8.65. The molecule has 1 heterocycles. The Hall–Kier alpha value is -5.20. The van der Waals surface area contributed by atoms with E-state index in [-0.39, 0.29) is 38.3 Å². The summed E-state index contributed by atoms with van der Waals surface area (Å²) in [6.07, 6.45) is 1.18. The van der Waals surface area contributed by atoms with Crippen LogP contribution in [0.3, 0.4) is 0 Å². The summed E-state index contributed by atoms with van der Waals surface area (Å²) in [6, 6.07) is 20.9. The van der Waals surface area contributed by atoms with Crippen LogP contribution in [-0.2, 0) is 40.5 Å². The van der Waals surface area contributed by atoms with Crippen LogP contribution in [0.1, 0.15) is 73.0 Å². The molecule has 0 radical (unpaired) electrons. The normalized spacial score (nSPS) is 24.6. The molecule has 7 rings (SSSR count). The predicted molar refractivity (Wildman–Crippen MR) is 186 cm³/mol. The van der Waals surface area contributed by atoms with E-state index in [2.05, 4.69) is 10.6 Å². The summed E-state index contributed by atoms with van der Waals surface area (Å²) in [6.45, 7) is -0.0746. The molecular weight excluding hydrogens is 668 g/mol. The highest BCUT2D eigenvalue weighted by molar-refractivity contribution is 5.83. The van der Waals surface area contributed by atoms with Crippen molar-refractivity contribution in [2.24, 2.45) is 5.92 Å². The number of esters is 2. The lowest BCUT2D eigenvalue weighted by Gasteiger charge is -2.60. The molecule has 4 N–H and O–H groups in total. The molecule has 2 amide bonds. The average molecular weight is 711 g/mol. The number of methoxy groups -OCH3 is 1. The molecule has 3 aromatic rings. The van der Waals surface area contributed by atoms with Gasteiger partial charge in [0.25, 0.3) is 11.8 Å². The standard InChI is InChI=1S/C40H42N2O10/c1-49-28-15-14-26-23-27-13-8-19-39-32(26)35(28)51-36(39)29(50-30(43)17-21-41-37(47)33(45)24-9-4-2-5-10-24)16-20-40(27,39)52-31(44)18-22-42-38(48)34(46)25-11-6-3-7-12-25/h2-7,9-12,14-16,27,33-34,36,45-46H,8,13,17-23H2,1H3,(H,41,47)(H,42,48)/t27-,33+,34+,36+,39+,40-/m1/s1. The Morgan fingerprint density at radius 2 is 1.48 bits per heavy atom. The topological polar surface area (TPSA) is 170 Å². The molecule has 4 aliphatic rings. The summed E-state index contributed by atoms with van der Waals surface area (Å²) in [4.78, 5) is 52.1. The lowest BCUT2D eigenvalue weighted by Crippen LogP contribution is -2.69. The molecule has 52 heavy (non-hydrogen) atoms. The van der Waals surface area contributed by atoms with E-state index >= 15 is 0 Å². The van der Waals surface area contributed by atoms with E-state index < -0.39 is 53.1 Å². The zero-order valence-electron chi connectivity index (χ0n) is 28.8. The molecule has 1 aliphatic heterocycles. The van der Waals surface area contributed by atoms with Crippen molar-refractivity contribution in [3.63, 3.8) is 0 Å². The molecule has 3 aromatic carbocycles. The van der Waals surface area contributed by atoms with E-state index in [1.54, 1.807) is 73.8 Å². The van der Waals surface area contributed by atoms with Gasteiger partial charge in [0.2, 0.25) is 0 Å². The smallest absolute Gasteiger partial charge is 0.312 e. The third-order valence-corrected chi connectivity index (χ3v) is 10.9. The Morgan fingerprint density at radius 3 is 2.10 bits per heavy atom. The molecule has 0 aromatic heterocycles. The predicted octanol–water partition coefficient (Wildman–Crippen LogP) is 3.64. The molecule has 6 atom stereocenters. The van der Waals surface area contributed by atoms with E-state index in [1.807, 2.05) is 12.1 Å². The fourth-order valence-corrected chi connectivity index (χ4v) is 8.65. The monoisotopic (exact) mass is 710 g/mol. The molecule has 0 saturated heterocycles. The van der Waals surface area contributed by atoms with Crippen molar-refractivity contribution in [2.75, 3.05) is 20.2 Å². The second kappa shape index (κ2) is 14.4. The maximum Gasteiger partial charge on any atom is 0.312 e. The van der Waals surface area contributed by atoms with Gasteiger partial charge in [-0.1, -0.05) is 73.2 Å². The fraction of sp³-hybridized carbons (Fsp3) is 0.400. The molecule has 1 spiro atoms. The van der Waals surface area contributed by atoms with E-state index in [0.717, 1.165) is 24.0 Å². The van der Waals surface area contributed by atoms with Gasteiger partial charge in [-0.15, -0.1) is 0 Å². The molecule has 1 fully saturated rings. The Kier molecular flexibility index (Phi) is 9.78. The van der Waals surface area contributed by atoms with Gasteiger partial charge >= 0.3 is 11.9 Å². The molecule has 3 aliphatic carbocycles. The van der Waals surface area contributed by atoms with Crippen LogP contribution in [-0.4, -0.2) is 65.9 Å². The van der Waals surface area contributed by atoms with Crippen molar-refractivity contribution >= 4 is 23.8 Å². The van der Waals surface area contributed by atoms with Gasteiger partial charge in [0.1, 0.15) is 11.4 Å². The number of aliphatic hydroxyl groups excluding tert-OH is 2. The molecule has 272 valence electrons. The minimum atomic E-state index is -1.37.